The van der Waals surface area contributed by atoms with Crippen molar-refractivity contribution >= 4 is 12.6 Å². The molecule has 3 rings (SSSR count). The first-order chi connectivity index (χ1) is 9.87. The van der Waals surface area contributed by atoms with Crippen LogP contribution in [0.25, 0.3) is 0 Å². The van der Waals surface area contributed by atoms with Crippen LogP contribution in [-0.2, 0) is 9.31 Å². The Labute approximate surface area is 127 Å². The summed E-state index contributed by atoms with van der Waals surface area (Å²) in [6.45, 7) is 8.21. The van der Waals surface area contributed by atoms with Crippen molar-refractivity contribution in [2.24, 2.45) is 0 Å². The third kappa shape index (κ3) is 2.95. The fourth-order valence-corrected chi connectivity index (χ4v) is 2.76. The second-order valence-electron chi connectivity index (χ2n) is 7.04. The molecule has 2 fully saturated rings. The number of hydrogen-bond acceptors (Lipinski definition) is 4. The van der Waals surface area contributed by atoms with Crippen molar-refractivity contribution in [2.45, 2.75) is 70.7 Å². The highest BCUT2D eigenvalue weighted by atomic mass is 16.7. The fraction of sp³-hybridized carbons (Fsp3) is 0.688. The van der Waals surface area contributed by atoms with E-state index in [-0.39, 0.29) is 18.3 Å². The van der Waals surface area contributed by atoms with Crippen LogP contribution in [0.2, 0.25) is 0 Å². The van der Waals surface area contributed by atoms with Crippen molar-refractivity contribution in [3.05, 3.63) is 18.3 Å². The Balaban J connectivity index is 1.67. The molecule has 1 aromatic heterocycles. The Hall–Kier alpha value is -1.07. The monoisotopic (exact) mass is 289 g/mol. The van der Waals surface area contributed by atoms with Crippen LogP contribution in [0.3, 0.4) is 0 Å². The Bertz CT molecular complexity index is 479. The van der Waals surface area contributed by atoms with Gasteiger partial charge in [-0.05, 0) is 59.4 Å². The summed E-state index contributed by atoms with van der Waals surface area (Å²) in [4.78, 5) is 4.40. The van der Waals surface area contributed by atoms with Gasteiger partial charge < -0.3 is 14.0 Å². The molecule has 21 heavy (non-hydrogen) atoms. The highest BCUT2D eigenvalue weighted by Crippen LogP contribution is 2.36. The first-order valence-corrected chi connectivity index (χ1v) is 7.86. The Morgan fingerprint density at radius 3 is 2.24 bits per heavy atom. The van der Waals surface area contributed by atoms with Crippen LogP contribution >= 0.6 is 0 Å². The van der Waals surface area contributed by atoms with Gasteiger partial charge in [-0.3, -0.25) is 0 Å². The molecule has 0 radical (unpaired) electrons. The topological polar surface area (TPSA) is 40.6 Å². The van der Waals surface area contributed by atoms with Crippen LogP contribution in [0, 0.1) is 0 Å². The predicted molar refractivity (Wildman–Crippen MR) is 82.8 cm³/mol. The zero-order valence-corrected chi connectivity index (χ0v) is 13.4. The number of rotatable bonds is 3. The van der Waals surface area contributed by atoms with Crippen LogP contribution in [-0.4, -0.2) is 29.4 Å². The lowest BCUT2D eigenvalue weighted by molar-refractivity contribution is 0.00578. The van der Waals surface area contributed by atoms with E-state index in [9.17, 15) is 0 Å². The number of nitrogens with zero attached hydrogens (tertiary/aromatic N) is 1. The summed E-state index contributed by atoms with van der Waals surface area (Å²) in [6.07, 6.45) is 6.93. The van der Waals surface area contributed by atoms with Gasteiger partial charge in [0, 0.05) is 11.7 Å². The number of ether oxygens (including phenoxy) is 1. The molecule has 1 saturated heterocycles. The highest BCUT2D eigenvalue weighted by molar-refractivity contribution is 6.62. The lowest BCUT2D eigenvalue weighted by Gasteiger charge is -2.32. The van der Waals surface area contributed by atoms with Gasteiger partial charge >= 0.3 is 7.12 Å². The molecule has 1 saturated carbocycles. The van der Waals surface area contributed by atoms with Crippen LogP contribution in [0.5, 0.6) is 5.88 Å². The lowest BCUT2D eigenvalue weighted by Crippen LogP contribution is -2.41. The molecule has 0 N–H and O–H groups in total. The molecule has 0 bridgehead atoms. The van der Waals surface area contributed by atoms with Gasteiger partial charge in [-0.1, -0.05) is 6.07 Å². The average Bonchev–Trinajstić information content (AvgIpc) is 2.97. The minimum atomic E-state index is -0.358. The second-order valence-corrected chi connectivity index (χ2v) is 7.04. The second kappa shape index (κ2) is 5.29. The standard InChI is InChI=1S/C16H24BNO3/c1-15(2)16(3,4)21-17(20-15)12-9-10-14(18-11-12)19-13-7-5-6-8-13/h9-11,13H,5-8H2,1-4H3. The average molecular weight is 289 g/mol. The van der Waals surface area contributed by atoms with Gasteiger partial charge in [0.1, 0.15) is 6.10 Å². The van der Waals surface area contributed by atoms with Crippen LogP contribution in [0.4, 0.5) is 0 Å². The maximum absolute atomic E-state index is 6.02. The van der Waals surface area contributed by atoms with E-state index in [2.05, 4.69) is 32.7 Å². The van der Waals surface area contributed by atoms with E-state index in [4.69, 9.17) is 14.0 Å². The summed E-state index contributed by atoms with van der Waals surface area (Å²) in [6, 6.07) is 3.90. The number of aromatic nitrogens is 1. The number of pyridine rings is 1. The van der Waals surface area contributed by atoms with Gasteiger partial charge in [0.2, 0.25) is 5.88 Å². The molecule has 0 unspecified atom stereocenters. The molecule has 0 amide bonds. The third-order valence-corrected chi connectivity index (χ3v) is 4.87. The maximum atomic E-state index is 6.02. The highest BCUT2D eigenvalue weighted by Gasteiger charge is 2.51. The zero-order chi connectivity index (χ0) is 15.1. The Morgan fingerprint density at radius 1 is 1.10 bits per heavy atom. The molecule has 1 aliphatic heterocycles. The first kappa shape index (κ1) is 14.9. The van der Waals surface area contributed by atoms with E-state index in [0.29, 0.717) is 12.0 Å². The quantitative estimate of drug-likeness (QED) is 0.802. The van der Waals surface area contributed by atoms with Crippen molar-refractivity contribution in [1.29, 1.82) is 0 Å². The van der Waals surface area contributed by atoms with Gasteiger partial charge in [0.25, 0.3) is 0 Å². The van der Waals surface area contributed by atoms with E-state index in [0.717, 1.165) is 18.3 Å². The SMILES string of the molecule is CC1(C)OB(c2ccc(OC3CCCC3)nc2)OC1(C)C. The van der Waals surface area contributed by atoms with E-state index in [1.807, 2.05) is 12.1 Å². The Morgan fingerprint density at radius 2 is 1.71 bits per heavy atom. The molecule has 4 nitrogen and oxygen atoms in total. The first-order valence-electron chi connectivity index (χ1n) is 7.86. The molecule has 2 heterocycles. The third-order valence-electron chi connectivity index (χ3n) is 4.87. The fourth-order valence-electron chi connectivity index (χ4n) is 2.76. The minimum absolute atomic E-state index is 0.323. The summed E-state index contributed by atoms with van der Waals surface area (Å²) < 4.78 is 17.9. The van der Waals surface area contributed by atoms with E-state index in [1.165, 1.54) is 12.8 Å². The maximum Gasteiger partial charge on any atom is 0.496 e. The minimum Gasteiger partial charge on any atom is -0.474 e. The summed E-state index contributed by atoms with van der Waals surface area (Å²) in [5, 5.41) is 0. The summed E-state index contributed by atoms with van der Waals surface area (Å²) >= 11 is 0. The molecule has 1 aromatic rings. The lowest BCUT2D eigenvalue weighted by atomic mass is 9.80. The molecule has 1 aliphatic carbocycles. The molecule has 0 aromatic carbocycles. The van der Waals surface area contributed by atoms with Gasteiger partial charge in [-0.2, -0.15) is 0 Å². The van der Waals surface area contributed by atoms with Gasteiger partial charge in [-0.25, -0.2) is 4.98 Å². The van der Waals surface area contributed by atoms with Gasteiger partial charge in [-0.15, -0.1) is 0 Å². The smallest absolute Gasteiger partial charge is 0.474 e. The van der Waals surface area contributed by atoms with Crippen molar-refractivity contribution in [3.8, 4) is 5.88 Å². The summed E-state index contributed by atoms with van der Waals surface area (Å²) in [7, 11) is -0.358. The molecular formula is C16H24BNO3. The van der Waals surface area contributed by atoms with E-state index >= 15 is 0 Å². The summed E-state index contributed by atoms with van der Waals surface area (Å²) in [5.74, 6) is 0.696. The van der Waals surface area contributed by atoms with Crippen molar-refractivity contribution in [1.82, 2.24) is 4.98 Å². The number of hydrogen-bond donors (Lipinski definition) is 0. The molecule has 0 atom stereocenters. The molecule has 5 heteroatoms. The van der Waals surface area contributed by atoms with Crippen LogP contribution < -0.4 is 10.2 Å². The van der Waals surface area contributed by atoms with E-state index in [1.54, 1.807) is 6.20 Å². The van der Waals surface area contributed by atoms with E-state index < -0.39 is 0 Å². The molecule has 114 valence electrons. The van der Waals surface area contributed by atoms with Crippen molar-refractivity contribution in [3.63, 3.8) is 0 Å². The van der Waals surface area contributed by atoms with Crippen LogP contribution in [0.1, 0.15) is 53.4 Å². The predicted octanol–water partition coefficient (Wildman–Crippen LogP) is 2.70. The van der Waals surface area contributed by atoms with Crippen molar-refractivity contribution in [2.75, 3.05) is 0 Å². The molecular weight excluding hydrogens is 265 g/mol. The largest absolute Gasteiger partial charge is 0.496 e. The summed E-state index contributed by atoms with van der Waals surface area (Å²) in [5.41, 5.74) is 0.292. The Kier molecular flexibility index (Phi) is 3.74. The van der Waals surface area contributed by atoms with Gasteiger partial charge in [0.15, 0.2) is 0 Å². The van der Waals surface area contributed by atoms with Gasteiger partial charge in [0.05, 0.1) is 11.2 Å². The normalized spacial score (nSPS) is 24.5. The molecule has 0 spiro atoms. The molecule has 2 aliphatic rings. The van der Waals surface area contributed by atoms with Crippen LogP contribution in [0.15, 0.2) is 18.3 Å². The zero-order valence-electron chi connectivity index (χ0n) is 13.4. The van der Waals surface area contributed by atoms with Crippen molar-refractivity contribution < 1.29 is 14.0 Å².